The van der Waals surface area contributed by atoms with E-state index in [1.54, 1.807) is 18.5 Å². The van der Waals surface area contributed by atoms with Crippen molar-refractivity contribution in [2.24, 2.45) is 0 Å². The highest BCUT2D eigenvalue weighted by molar-refractivity contribution is 7.92. The smallest absolute Gasteiger partial charge is 0.335 e. The van der Waals surface area contributed by atoms with E-state index >= 15 is 0 Å². The average Bonchev–Trinajstić information content (AvgIpc) is 2.90. The Hall–Kier alpha value is -3.13. The molecular formula is C18H17N3O4S. The zero-order valence-electron chi connectivity index (χ0n) is 14.2. The van der Waals surface area contributed by atoms with Gasteiger partial charge in [0.1, 0.15) is 0 Å². The number of aromatic nitrogens is 2. The maximum absolute atomic E-state index is 12.7. The molecule has 0 atom stereocenters. The van der Waals surface area contributed by atoms with Crippen LogP contribution < -0.4 is 4.72 Å². The molecule has 0 spiro atoms. The van der Waals surface area contributed by atoms with Crippen LogP contribution in [0.2, 0.25) is 0 Å². The molecule has 134 valence electrons. The largest absolute Gasteiger partial charge is 0.478 e. The van der Waals surface area contributed by atoms with Gasteiger partial charge in [0.15, 0.2) is 0 Å². The van der Waals surface area contributed by atoms with Gasteiger partial charge in [0.2, 0.25) is 0 Å². The summed E-state index contributed by atoms with van der Waals surface area (Å²) >= 11 is 0. The highest BCUT2D eigenvalue weighted by Gasteiger charge is 2.21. The summed E-state index contributed by atoms with van der Waals surface area (Å²) in [5, 5.41) is 13.5. The van der Waals surface area contributed by atoms with Crippen LogP contribution in [0.1, 0.15) is 21.7 Å². The second-order valence-electron chi connectivity index (χ2n) is 5.73. The van der Waals surface area contributed by atoms with Crippen LogP contribution in [0.25, 0.3) is 5.69 Å². The lowest BCUT2D eigenvalue weighted by atomic mass is 10.2. The Kier molecular flexibility index (Phi) is 4.52. The quantitative estimate of drug-likeness (QED) is 0.718. The highest BCUT2D eigenvalue weighted by atomic mass is 32.2. The highest BCUT2D eigenvalue weighted by Crippen LogP contribution is 2.26. The van der Waals surface area contributed by atoms with Crippen molar-refractivity contribution in [3.05, 3.63) is 71.5 Å². The second kappa shape index (κ2) is 6.64. The molecule has 0 saturated heterocycles. The van der Waals surface area contributed by atoms with Gasteiger partial charge in [-0.25, -0.2) is 17.9 Å². The predicted octanol–water partition coefficient (Wildman–Crippen LogP) is 2.99. The number of hydrogen-bond donors (Lipinski definition) is 2. The second-order valence-corrected chi connectivity index (χ2v) is 7.41. The molecule has 3 rings (SSSR count). The fourth-order valence-corrected chi connectivity index (χ4v) is 3.82. The number of aromatic carboxylic acids is 1. The SMILES string of the molecule is Cc1nn(-c2ccccc2)c(C)c1NS(=O)(=O)c1cccc(C(=O)O)c1. The van der Waals surface area contributed by atoms with E-state index < -0.39 is 16.0 Å². The molecule has 0 unspecified atom stereocenters. The van der Waals surface area contributed by atoms with E-state index in [4.69, 9.17) is 5.11 Å². The minimum atomic E-state index is -3.95. The van der Waals surface area contributed by atoms with E-state index in [1.807, 2.05) is 30.3 Å². The van der Waals surface area contributed by atoms with Gasteiger partial charge in [-0.2, -0.15) is 5.10 Å². The number of nitrogens with one attached hydrogen (secondary N) is 1. The van der Waals surface area contributed by atoms with Gasteiger partial charge in [-0.05, 0) is 44.2 Å². The first-order valence-electron chi connectivity index (χ1n) is 7.77. The molecule has 2 N–H and O–H groups in total. The third-order valence-corrected chi connectivity index (χ3v) is 5.27. The van der Waals surface area contributed by atoms with Crippen molar-refractivity contribution in [3.8, 4) is 5.69 Å². The van der Waals surface area contributed by atoms with Crippen LogP contribution >= 0.6 is 0 Å². The Morgan fingerprint density at radius 3 is 2.42 bits per heavy atom. The molecule has 1 heterocycles. The molecule has 8 heteroatoms. The molecule has 0 fully saturated rings. The molecule has 0 saturated carbocycles. The van der Waals surface area contributed by atoms with Gasteiger partial charge in [-0.15, -0.1) is 0 Å². The summed E-state index contributed by atoms with van der Waals surface area (Å²) in [5.74, 6) is -1.19. The lowest BCUT2D eigenvalue weighted by molar-refractivity contribution is 0.0696. The number of carboxylic acid groups (broad SMARTS) is 1. The number of aryl methyl sites for hydroxylation is 1. The Morgan fingerprint density at radius 2 is 1.77 bits per heavy atom. The minimum absolute atomic E-state index is 0.0960. The fraction of sp³-hybridized carbons (Fsp3) is 0.111. The predicted molar refractivity (Wildman–Crippen MR) is 97.2 cm³/mol. The van der Waals surface area contributed by atoms with E-state index in [0.29, 0.717) is 17.1 Å². The van der Waals surface area contributed by atoms with Gasteiger partial charge < -0.3 is 5.11 Å². The molecule has 26 heavy (non-hydrogen) atoms. The first-order valence-corrected chi connectivity index (χ1v) is 9.26. The maximum atomic E-state index is 12.7. The Labute approximate surface area is 151 Å². The molecular weight excluding hydrogens is 354 g/mol. The number of hydrogen-bond acceptors (Lipinski definition) is 4. The number of carboxylic acids is 1. The third-order valence-electron chi connectivity index (χ3n) is 3.92. The number of nitrogens with zero attached hydrogens (tertiary/aromatic N) is 2. The summed E-state index contributed by atoms with van der Waals surface area (Å²) < 4.78 is 29.5. The summed E-state index contributed by atoms with van der Waals surface area (Å²) in [5.41, 5.74) is 2.23. The van der Waals surface area contributed by atoms with Gasteiger partial charge in [-0.1, -0.05) is 24.3 Å². The summed E-state index contributed by atoms with van der Waals surface area (Å²) in [6.45, 7) is 3.47. The van der Waals surface area contributed by atoms with Crippen molar-refractivity contribution in [3.63, 3.8) is 0 Å². The van der Waals surface area contributed by atoms with Gasteiger partial charge in [0.05, 0.1) is 33.2 Å². The van der Waals surface area contributed by atoms with E-state index in [1.165, 1.54) is 18.2 Å². The Bertz CT molecular complexity index is 1070. The van der Waals surface area contributed by atoms with Crippen molar-refractivity contribution in [1.82, 2.24) is 9.78 Å². The first kappa shape index (κ1) is 17.7. The molecule has 0 bridgehead atoms. The van der Waals surface area contributed by atoms with Gasteiger partial charge in [0, 0.05) is 0 Å². The number of para-hydroxylation sites is 1. The van der Waals surface area contributed by atoms with Crippen LogP contribution in [-0.4, -0.2) is 29.3 Å². The lowest BCUT2D eigenvalue weighted by Crippen LogP contribution is -2.15. The number of anilines is 1. The summed E-state index contributed by atoms with van der Waals surface area (Å²) in [6.07, 6.45) is 0. The van der Waals surface area contributed by atoms with Crippen LogP contribution in [0.3, 0.4) is 0 Å². The number of benzene rings is 2. The molecule has 0 aliphatic rings. The van der Waals surface area contributed by atoms with Crippen molar-refractivity contribution < 1.29 is 18.3 Å². The van der Waals surface area contributed by atoms with Crippen LogP contribution in [-0.2, 0) is 10.0 Å². The standard InChI is InChI=1S/C18H17N3O4S/c1-12-17(13(2)21(19-12)15-8-4-3-5-9-15)20-26(24,25)16-10-6-7-14(11-16)18(22)23/h3-11,20H,1-2H3,(H,22,23). The van der Waals surface area contributed by atoms with Crippen LogP contribution in [0, 0.1) is 13.8 Å². The lowest BCUT2D eigenvalue weighted by Gasteiger charge is -2.09. The molecule has 2 aromatic carbocycles. The van der Waals surface area contributed by atoms with Crippen molar-refractivity contribution in [1.29, 1.82) is 0 Å². The molecule has 3 aromatic rings. The molecule has 7 nitrogen and oxygen atoms in total. The maximum Gasteiger partial charge on any atom is 0.335 e. The summed E-state index contributed by atoms with van der Waals surface area (Å²) in [7, 11) is -3.95. The van der Waals surface area contributed by atoms with Gasteiger partial charge >= 0.3 is 5.97 Å². The normalized spacial score (nSPS) is 11.3. The number of sulfonamides is 1. The Balaban J connectivity index is 2.00. The topological polar surface area (TPSA) is 101 Å². The first-order chi connectivity index (χ1) is 12.3. The van der Waals surface area contributed by atoms with Gasteiger partial charge in [0.25, 0.3) is 10.0 Å². The van der Waals surface area contributed by atoms with Crippen LogP contribution in [0.5, 0.6) is 0 Å². The zero-order chi connectivity index (χ0) is 18.9. The van der Waals surface area contributed by atoms with E-state index in [9.17, 15) is 13.2 Å². The molecule has 0 aliphatic heterocycles. The third kappa shape index (κ3) is 3.31. The van der Waals surface area contributed by atoms with Crippen molar-refractivity contribution >= 4 is 21.7 Å². The van der Waals surface area contributed by atoms with Crippen LogP contribution in [0.4, 0.5) is 5.69 Å². The molecule has 0 radical (unpaired) electrons. The molecule has 1 aromatic heterocycles. The van der Waals surface area contributed by atoms with E-state index in [0.717, 1.165) is 11.8 Å². The fourth-order valence-electron chi connectivity index (χ4n) is 2.60. The van der Waals surface area contributed by atoms with E-state index in [-0.39, 0.29) is 10.5 Å². The number of carbonyl (C=O) groups is 1. The van der Waals surface area contributed by atoms with Crippen LogP contribution in [0.15, 0.2) is 59.5 Å². The van der Waals surface area contributed by atoms with Crippen molar-refractivity contribution in [2.75, 3.05) is 4.72 Å². The molecule has 0 amide bonds. The molecule has 0 aliphatic carbocycles. The van der Waals surface area contributed by atoms with Gasteiger partial charge in [-0.3, -0.25) is 4.72 Å². The average molecular weight is 371 g/mol. The van der Waals surface area contributed by atoms with E-state index in [2.05, 4.69) is 9.82 Å². The zero-order valence-corrected chi connectivity index (χ0v) is 15.0. The number of rotatable bonds is 5. The Morgan fingerprint density at radius 1 is 1.08 bits per heavy atom. The van der Waals surface area contributed by atoms with Crippen molar-refractivity contribution in [2.45, 2.75) is 18.7 Å². The monoisotopic (exact) mass is 371 g/mol. The minimum Gasteiger partial charge on any atom is -0.478 e. The summed E-state index contributed by atoms with van der Waals surface area (Å²) in [6, 6.07) is 14.6. The summed E-state index contributed by atoms with van der Waals surface area (Å²) in [4.78, 5) is 11.0.